The summed E-state index contributed by atoms with van der Waals surface area (Å²) < 4.78 is 13.4. The summed E-state index contributed by atoms with van der Waals surface area (Å²) in [6, 6.07) is 10.4. The molecule has 0 saturated heterocycles. The molecule has 2 aromatic carbocycles. The van der Waals surface area contributed by atoms with Gasteiger partial charge in [0.15, 0.2) is 0 Å². The molecule has 1 N–H and O–H groups in total. The molecule has 21 heavy (non-hydrogen) atoms. The van der Waals surface area contributed by atoms with Crippen LogP contribution in [0.15, 0.2) is 36.4 Å². The predicted molar refractivity (Wildman–Crippen MR) is 88.6 cm³/mol. The molecule has 0 spiro atoms. The number of hydrogen-bond acceptors (Lipinski definition) is 1. The summed E-state index contributed by atoms with van der Waals surface area (Å²) in [4.78, 5) is 0. The minimum absolute atomic E-state index is 0.183. The van der Waals surface area contributed by atoms with Gasteiger partial charge in [-0.15, -0.1) is 0 Å². The van der Waals surface area contributed by atoms with Crippen LogP contribution in [0.1, 0.15) is 31.9 Å². The summed E-state index contributed by atoms with van der Waals surface area (Å²) in [5.41, 5.74) is 2.62. The van der Waals surface area contributed by atoms with Crippen molar-refractivity contribution in [2.24, 2.45) is 0 Å². The normalized spacial score (nSPS) is 12.4. The first-order chi connectivity index (χ1) is 10.0. The van der Waals surface area contributed by atoms with E-state index in [0.717, 1.165) is 29.7 Å². The topological polar surface area (TPSA) is 12.0 Å². The molecule has 1 atom stereocenters. The van der Waals surface area contributed by atoms with E-state index in [9.17, 15) is 4.39 Å². The first-order valence-electron chi connectivity index (χ1n) is 7.00. The number of nitrogens with one attached hydrogen (secondary N) is 1. The lowest BCUT2D eigenvalue weighted by Gasteiger charge is -2.16. The molecule has 1 nitrogen and oxygen atoms in total. The lowest BCUT2D eigenvalue weighted by Crippen LogP contribution is -2.19. The van der Waals surface area contributed by atoms with Crippen LogP contribution >= 0.6 is 23.2 Å². The van der Waals surface area contributed by atoms with Crippen LogP contribution in [0.3, 0.4) is 0 Å². The van der Waals surface area contributed by atoms with E-state index in [-0.39, 0.29) is 11.9 Å². The maximum atomic E-state index is 13.4. The zero-order chi connectivity index (χ0) is 15.4. The lowest BCUT2D eigenvalue weighted by molar-refractivity contribution is 0.571. The lowest BCUT2D eigenvalue weighted by atomic mass is 10.0. The molecule has 0 saturated carbocycles. The van der Waals surface area contributed by atoms with Crippen LogP contribution < -0.4 is 5.32 Å². The molecule has 0 bridgehead atoms. The minimum Gasteiger partial charge on any atom is -0.310 e. The summed E-state index contributed by atoms with van der Waals surface area (Å²) in [5, 5.41) is 4.45. The fraction of sp³-hybridized carbons (Fsp3) is 0.294. The highest BCUT2D eigenvalue weighted by Gasteiger charge is 2.11. The third kappa shape index (κ3) is 4.19. The number of halogens is 3. The molecule has 112 valence electrons. The second kappa shape index (κ2) is 7.26. The standard InChI is InChI=1S/C17H18Cl2FN/c1-3-6-21-11(2)16-5-4-12(9-17(16)19)13-7-14(18)10-15(20)8-13/h4-5,7-11,21H,3,6H2,1-2H3. The summed E-state index contributed by atoms with van der Waals surface area (Å²) in [6.07, 6.45) is 1.07. The van der Waals surface area contributed by atoms with Gasteiger partial charge in [0.05, 0.1) is 0 Å². The van der Waals surface area contributed by atoms with E-state index >= 15 is 0 Å². The summed E-state index contributed by atoms with van der Waals surface area (Å²) in [6.45, 7) is 5.15. The summed E-state index contributed by atoms with van der Waals surface area (Å²) in [7, 11) is 0. The van der Waals surface area contributed by atoms with Gasteiger partial charge in [0.1, 0.15) is 5.82 Å². The third-order valence-corrected chi connectivity index (χ3v) is 3.91. The Labute approximate surface area is 135 Å². The highest BCUT2D eigenvalue weighted by molar-refractivity contribution is 6.32. The molecular formula is C17H18Cl2FN. The Hall–Kier alpha value is -1.09. The van der Waals surface area contributed by atoms with Crippen LogP contribution in [0.5, 0.6) is 0 Å². The van der Waals surface area contributed by atoms with Gasteiger partial charge in [0.25, 0.3) is 0 Å². The van der Waals surface area contributed by atoms with Crippen molar-refractivity contribution < 1.29 is 4.39 Å². The van der Waals surface area contributed by atoms with Gasteiger partial charge in [0, 0.05) is 16.1 Å². The van der Waals surface area contributed by atoms with Gasteiger partial charge in [-0.05, 0) is 60.8 Å². The van der Waals surface area contributed by atoms with Crippen molar-refractivity contribution in [2.75, 3.05) is 6.54 Å². The van der Waals surface area contributed by atoms with Gasteiger partial charge in [0.2, 0.25) is 0 Å². The van der Waals surface area contributed by atoms with Crippen molar-refractivity contribution >= 4 is 23.2 Å². The van der Waals surface area contributed by atoms with Gasteiger partial charge in [-0.25, -0.2) is 4.39 Å². The maximum Gasteiger partial charge on any atom is 0.125 e. The maximum absolute atomic E-state index is 13.4. The van der Waals surface area contributed by atoms with Crippen LogP contribution in [0, 0.1) is 5.82 Å². The van der Waals surface area contributed by atoms with E-state index < -0.39 is 0 Å². The van der Waals surface area contributed by atoms with Gasteiger partial charge in [-0.3, -0.25) is 0 Å². The number of hydrogen-bond donors (Lipinski definition) is 1. The number of rotatable bonds is 5. The van der Waals surface area contributed by atoms with Crippen LogP contribution in [0.25, 0.3) is 11.1 Å². The van der Waals surface area contributed by atoms with Crippen molar-refractivity contribution in [3.8, 4) is 11.1 Å². The van der Waals surface area contributed by atoms with E-state index in [1.54, 1.807) is 6.07 Å². The molecule has 0 amide bonds. The van der Waals surface area contributed by atoms with Gasteiger partial charge >= 0.3 is 0 Å². The molecule has 2 rings (SSSR count). The summed E-state index contributed by atoms with van der Waals surface area (Å²) >= 11 is 12.3. The van der Waals surface area contributed by atoms with Gasteiger partial charge < -0.3 is 5.32 Å². The number of benzene rings is 2. The molecule has 0 aromatic heterocycles. The quantitative estimate of drug-likeness (QED) is 0.725. The van der Waals surface area contributed by atoms with E-state index in [1.165, 1.54) is 12.1 Å². The molecule has 0 aliphatic carbocycles. The molecule has 4 heteroatoms. The monoisotopic (exact) mass is 325 g/mol. The average Bonchev–Trinajstić information content (AvgIpc) is 2.43. The summed E-state index contributed by atoms with van der Waals surface area (Å²) in [5.74, 6) is -0.351. The Balaban J connectivity index is 2.30. The first kappa shape index (κ1) is 16.3. The van der Waals surface area contributed by atoms with Crippen LogP contribution in [-0.4, -0.2) is 6.54 Å². The highest BCUT2D eigenvalue weighted by Crippen LogP contribution is 2.30. The van der Waals surface area contributed by atoms with Crippen molar-refractivity contribution in [1.82, 2.24) is 5.32 Å². The van der Waals surface area contributed by atoms with Crippen LogP contribution in [0.2, 0.25) is 10.0 Å². The van der Waals surface area contributed by atoms with E-state index in [4.69, 9.17) is 23.2 Å². The second-order valence-corrected chi connectivity index (χ2v) is 5.91. The van der Waals surface area contributed by atoms with Crippen LogP contribution in [0.4, 0.5) is 4.39 Å². The molecule has 0 aliphatic heterocycles. The van der Waals surface area contributed by atoms with Crippen molar-refractivity contribution in [2.45, 2.75) is 26.3 Å². The molecule has 0 fully saturated rings. The first-order valence-corrected chi connectivity index (χ1v) is 7.76. The largest absolute Gasteiger partial charge is 0.310 e. The van der Waals surface area contributed by atoms with Crippen molar-refractivity contribution in [3.05, 3.63) is 57.8 Å². The average molecular weight is 326 g/mol. The highest BCUT2D eigenvalue weighted by atomic mass is 35.5. The SMILES string of the molecule is CCCNC(C)c1ccc(-c2cc(F)cc(Cl)c2)cc1Cl. The Morgan fingerprint density at radius 2 is 1.86 bits per heavy atom. The zero-order valence-corrected chi connectivity index (χ0v) is 13.6. The van der Waals surface area contributed by atoms with Gasteiger partial charge in [-0.2, -0.15) is 0 Å². The van der Waals surface area contributed by atoms with Crippen LogP contribution in [-0.2, 0) is 0 Å². The van der Waals surface area contributed by atoms with Crippen molar-refractivity contribution in [3.63, 3.8) is 0 Å². The Kier molecular flexibility index (Phi) is 5.63. The van der Waals surface area contributed by atoms with E-state index in [2.05, 4.69) is 19.2 Å². The fourth-order valence-corrected chi connectivity index (χ4v) is 2.82. The second-order valence-electron chi connectivity index (χ2n) is 5.07. The molecule has 2 aromatic rings. The minimum atomic E-state index is -0.351. The predicted octanol–water partition coefficient (Wildman–Crippen LogP) is 5.86. The molecular weight excluding hydrogens is 308 g/mol. The van der Waals surface area contributed by atoms with Crippen molar-refractivity contribution in [1.29, 1.82) is 0 Å². The molecule has 0 radical (unpaired) electrons. The molecule has 0 aliphatic rings. The fourth-order valence-electron chi connectivity index (χ4n) is 2.25. The Morgan fingerprint density at radius 1 is 1.10 bits per heavy atom. The molecule has 0 heterocycles. The molecule has 1 unspecified atom stereocenters. The van der Waals surface area contributed by atoms with E-state index in [1.807, 2.05) is 18.2 Å². The van der Waals surface area contributed by atoms with E-state index in [0.29, 0.717) is 10.0 Å². The smallest absolute Gasteiger partial charge is 0.125 e. The van der Waals surface area contributed by atoms with Gasteiger partial charge in [-0.1, -0.05) is 42.3 Å². The Morgan fingerprint density at radius 3 is 2.48 bits per heavy atom. The third-order valence-electron chi connectivity index (χ3n) is 3.36. The zero-order valence-electron chi connectivity index (χ0n) is 12.1. The Bertz CT molecular complexity index is 608.